The Kier molecular flexibility index (Phi) is 4.81. The summed E-state index contributed by atoms with van der Waals surface area (Å²) in [4.78, 5) is 11.2. The van der Waals surface area contributed by atoms with Gasteiger partial charge in [0.05, 0.1) is 0 Å². The lowest BCUT2D eigenvalue weighted by atomic mass is 9.90. The molecule has 2 bridgehead atoms. The fourth-order valence-corrected chi connectivity index (χ4v) is 5.69. The van der Waals surface area contributed by atoms with Gasteiger partial charge in [0, 0.05) is 37.2 Å². The summed E-state index contributed by atoms with van der Waals surface area (Å²) in [5.74, 6) is -1.76. The average molecular weight is 459 g/mol. The van der Waals surface area contributed by atoms with Crippen LogP contribution in [0.15, 0.2) is 16.7 Å². The molecule has 1 aromatic carbocycles. The smallest absolute Gasteiger partial charge is 0.324 e. The van der Waals surface area contributed by atoms with E-state index in [1.165, 1.54) is 6.07 Å². The van der Waals surface area contributed by atoms with E-state index in [0.717, 1.165) is 38.4 Å². The molecule has 2 unspecified atom stereocenters. The van der Waals surface area contributed by atoms with Crippen molar-refractivity contribution in [3.8, 4) is 0 Å². The van der Waals surface area contributed by atoms with Crippen LogP contribution < -0.4 is 10.2 Å². The predicted molar refractivity (Wildman–Crippen MR) is 112 cm³/mol. The van der Waals surface area contributed by atoms with Crippen LogP contribution in [0.2, 0.25) is 0 Å². The van der Waals surface area contributed by atoms with Gasteiger partial charge in [0.25, 0.3) is 0 Å². The van der Waals surface area contributed by atoms with E-state index < -0.39 is 23.4 Å². The monoisotopic (exact) mass is 459 g/mol. The zero-order valence-corrected chi connectivity index (χ0v) is 18.1. The van der Waals surface area contributed by atoms with Crippen LogP contribution in [-0.4, -0.2) is 44.0 Å². The van der Waals surface area contributed by atoms with E-state index in [2.05, 4.69) is 30.4 Å². The molecule has 0 radical (unpaired) electrons. The predicted octanol–water partition coefficient (Wildman–Crippen LogP) is 3.64. The summed E-state index contributed by atoms with van der Waals surface area (Å²) in [5.41, 5.74) is 0.122. The molecular formula is C22H24F3N7O. The summed E-state index contributed by atoms with van der Waals surface area (Å²) < 4.78 is 48.9. The summed E-state index contributed by atoms with van der Waals surface area (Å²) in [6.45, 7) is 4.09. The Hall–Kier alpha value is -3.11. The van der Waals surface area contributed by atoms with Gasteiger partial charge in [-0.2, -0.15) is 9.97 Å². The van der Waals surface area contributed by atoms with Crippen molar-refractivity contribution >= 4 is 12.0 Å². The fraction of sp³-hybridized carbons (Fsp3) is 0.545. The topological polar surface area (TPSA) is 84.9 Å². The molecule has 1 aliphatic carbocycles. The summed E-state index contributed by atoms with van der Waals surface area (Å²) in [7, 11) is 0. The van der Waals surface area contributed by atoms with Crippen molar-refractivity contribution in [1.82, 2.24) is 24.9 Å². The van der Waals surface area contributed by atoms with Crippen LogP contribution in [0, 0.1) is 36.2 Å². The van der Waals surface area contributed by atoms with Crippen molar-refractivity contribution in [3.05, 3.63) is 46.8 Å². The van der Waals surface area contributed by atoms with Crippen molar-refractivity contribution in [3.63, 3.8) is 0 Å². The highest BCUT2D eigenvalue weighted by molar-refractivity contribution is 5.36. The SMILES string of the molecule is Cc1noc(N2CC3CC[C@@H](C2)[C@@H]3Nc2nc3n(n2)CCCC3c2ccc(F)c(F)c2F)n1. The minimum atomic E-state index is -1.44. The quantitative estimate of drug-likeness (QED) is 0.597. The third kappa shape index (κ3) is 3.44. The standard InChI is InChI=1S/C22H24F3N7O/c1-11-26-22(33-30-11)31-9-12-4-5-13(10-31)19(12)27-21-28-20-15(3-2-8-32(20)29-21)14-6-7-16(23)18(25)17(14)24/h6-7,12-13,15,19H,2-5,8-10H2,1H3,(H,27,29)/t12-,13?,15?,19-/m0/s1. The molecule has 6 rings (SSSR count). The second-order valence-electron chi connectivity index (χ2n) is 9.27. The Labute approximate surface area is 188 Å². The molecule has 2 aromatic heterocycles. The molecular weight excluding hydrogens is 435 g/mol. The number of anilines is 2. The van der Waals surface area contributed by atoms with E-state index in [9.17, 15) is 13.2 Å². The van der Waals surface area contributed by atoms with Gasteiger partial charge in [-0.05, 0) is 50.5 Å². The lowest BCUT2D eigenvalue weighted by molar-refractivity contribution is 0.340. The van der Waals surface area contributed by atoms with Crippen LogP contribution in [0.3, 0.4) is 0 Å². The van der Waals surface area contributed by atoms with Gasteiger partial charge in [0.15, 0.2) is 23.3 Å². The number of aryl methyl sites for hydroxylation is 2. The number of nitrogens with zero attached hydrogens (tertiary/aromatic N) is 6. The number of halogens is 3. The number of piperidine rings is 1. The average Bonchev–Trinajstić information content (AvgIpc) is 3.48. The number of fused-ring (bicyclic) bond motifs is 3. The van der Waals surface area contributed by atoms with Crippen LogP contribution in [-0.2, 0) is 6.54 Å². The van der Waals surface area contributed by atoms with Gasteiger partial charge < -0.3 is 14.7 Å². The molecule has 8 nitrogen and oxygen atoms in total. The maximum Gasteiger partial charge on any atom is 0.324 e. The molecule has 1 saturated carbocycles. The first-order chi connectivity index (χ1) is 16.0. The van der Waals surface area contributed by atoms with E-state index >= 15 is 0 Å². The zero-order chi connectivity index (χ0) is 22.7. The lowest BCUT2D eigenvalue weighted by Gasteiger charge is -2.37. The van der Waals surface area contributed by atoms with Crippen LogP contribution in [0.5, 0.6) is 0 Å². The maximum absolute atomic E-state index is 14.5. The van der Waals surface area contributed by atoms with Crippen molar-refractivity contribution in [2.75, 3.05) is 23.3 Å². The molecule has 33 heavy (non-hydrogen) atoms. The second-order valence-corrected chi connectivity index (χ2v) is 9.27. The van der Waals surface area contributed by atoms with E-state index in [1.807, 2.05) is 6.92 Å². The lowest BCUT2D eigenvalue weighted by Crippen LogP contribution is -2.48. The van der Waals surface area contributed by atoms with Gasteiger partial charge in [-0.1, -0.05) is 11.2 Å². The molecule has 174 valence electrons. The Morgan fingerprint density at radius 1 is 1.03 bits per heavy atom. The molecule has 4 atom stereocenters. The minimum Gasteiger partial charge on any atom is -0.350 e. The van der Waals surface area contributed by atoms with Crippen molar-refractivity contribution in [2.45, 2.75) is 51.1 Å². The van der Waals surface area contributed by atoms with Gasteiger partial charge in [0.2, 0.25) is 5.95 Å². The maximum atomic E-state index is 14.5. The van der Waals surface area contributed by atoms with Crippen LogP contribution >= 0.6 is 0 Å². The number of hydrogen-bond donors (Lipinski definition) is 1. The number of aromatic nitrogens is 5. The Morgan fingerprint density at radius 3 is 2.55 bits per heavy atom. The van der Waals surface area contributed by atoms with Crippen LogP contribution in [0.4, 0.5) is 25.1 Å². The van der Waals surface area contributed by atoms with Gasteiger partial charge in [0.1, 0.15) is 5.82 Å². The highest BCUT2D eigenvalue weighted by atomic mass is 19.2. The normalized spacial score (nSPS) is 26.5. The number of nitrogens with one attached hydrogen (secondary N) is 1. The number of hydrogen-bond acceptors (Lipinski definition) is 7. The highest BCUT2D eigenvalue weighted by Gasteiger charge is 2.44. The van der Waals surface area contributed by atoms with Gasteiger partial charge in [-0.25, -0.2) is 17.9 Å². The van der Waals surface area contributed by atoms with Gasteiger partial charge in [-0.3, -0.25) is 0 Å². The van der Waals surface area contributed by atoms with Gasteiger partial charge in [-0.15, -0.1) is 5.10 Å². The Bertz CT molecular complexity index is 1180. The molecule has 3 aromatic rings. The first kappa shape index (κ1) is 20.5. The Morgan fingerprint density at radius 2 is 1.82 bits per heavy atom. The first-order valence-corrected chi connectivity index (χ1v) is 11.4. The molecule has 2 fully saturated rings. The minimum absolute atomic E-state index is 0.122. The molecule has 1 saturated heterocycles. The highest BCUT2D eigenvalue weighted by Crippen LogP contribution is 2.40. The van der Waals surface area contributed by atoms with Crippen LogP contribution in [0.1, 0.15) is 48.8 Å². The third-order valence-corrected chi connectivity index (χ3v) is 7.23. The fourth-order valence-electron chi connectivity index (χ4n) is 5.69. The molecule has 0 amide bonds. The van der Waals surface area contributed by atoms with Crippen molar-refractivity contribution in [2.24, 2.45) is 11.8 Å². The number of benzene rings is 1. The van der Waals surface area contributed by atoms with E-state index in [1.54, 1.807) is 4.68 Å². The zero-order valence-electron chi connectivity index (χ0n) is 18.1. The number of rotatable bonds is 4. The molecule has 3 aliphatic rings. The first-order valence-electron chi connectivity index (χ1n) is 11.4. The summed E-state index contributed by atoms with van der Waals surface area (Å²) in [6.07, 6.45) is 3.53. The largest absolute Gasteiger partial charge is 0.350 e. The molecule has 1 N–H and O–H groups in total. The summed E-state index contributed by atoms with van der Waals surface area (Å²) in [6, 6.07) is 3.06. The van der Waals surface area contributed by atoms with E-state index in [0.29, 0.717) is 48.4 Å². The molecule has 0 spiro atoms. The summed E-state index contributed by atoms with van der Waals surface area (Å²) >= 11 is 0. The summed E-state index contributed by atoms with van der Waals surface area (Å²) in [5, 5.41) is 12.0. The van der Waals surface area contributed by atoms with E-state index in [4.69, 9.17) is 4.52 Å². The Balaban J connectivity index is 1.22. The molecule has 2 aliphatic heterocycles. The molecule has 11 heteroatoms. The van der Waals surface area contributed by atoms with Gasteiger partial charge >= 0.3 is 6.01 Å². The van der Waals surface area contributed by atoms with Crippen molar-refractivity contribution in [1.29, 1.82) is 0 Å². The van der Waals surface area contributed by atoms with Crippen LogP contribution in [0.25, 0.3) is 0 Å². The molecule has 4 heterocycles. The third-order valence-electron chi connectivity index (χ3n) is 7.23. The van der Waals surface area contributed by atoms with Crippen molar-refractivity contribution < 1.29 is 17.7 Å². The second kappa shape index (κ2) is 7.74. The van der Waals surface area contributed by atoms with E-state index in [-0.39, 0.29) is 11.6 Å².